The van der Waals surface area contributed by atoms with Crippen LogP contribution in [0.5, 0.6) is 0 Å². The van der Waals surface area contributed by atoms with Crippen LogP contribution in [0.25, 0.3) is 10.9 Å². The average Bonchev–Trinajstić information content (AvgIpc) is 3.05. The number of benzene rings is 1. The fourth-order valence-corrected chi connectivity index (χ4v) is 4.16. The van der Waals surface area contributed by atoms with Gasteiger partial charge in [0, 0.05) is 36.4 Å². The molecule has 2 N–H and O–H groups in total. The molecule has 146 valence electrons. The predicted octanol–water partition coefficient (Wildman–Crippen LogP) is 2.53. The van der Waals surface area contributed by atoms with Crippen LogP contribution in [0.3, 0.4) is 0 Å². The fraction of sp³-hybridized carbons (Fsp3) is 0.381. The summed E-state index contributed by atoms with van der Waals surface area (Å²) in [4.78, 5) is 43.7. The number of nitrogens with one attached hydrogen (secondary N) is 2. The third-order valence-electron chi connectivity index (χ3n) is 5.64. The van der Waals surface area contributed by atoms with Gasteiger partial charge in [-0.25, -0.2) is 4.79 Å². The number of hydrogen-bond acceptors (Lipinski definition) is 3. The van der Waals surface area contributed by atoms with E-state index in [0.717, 1.165) is 36.6 Å². The van der Waals surface area contributed by atoms with Crippen molar-refractivity contribution in [2.24, 2.45) is 7.05 Å². The standard InChI is InChI=1S/C21H24N4O3/c1-24-13-17(16-9-5-6-10-18(16)24)20(27)25(15-7-3-2-4-8-15)12-14-11-22-21(28)23-19(14)26/h5-6,9-11,13,15H,2-4,7-8,12H2,1H3,(H2,22,23,26,28). The lowest BCUT2D eigenvalue weighted by Crippen LogP contribution is -2.42. The number of hydrogen-bond donors (Lipinski definition) is 2. The minimum atomic E-state index is -0.543. The molecule has 1 saturated carbocycles. The molecule has 4 rings (SSSR count). The maximum Gasteiger partial charge on any atom is 0.325 e. The SMILES string of the molecule is Cn1cc(C(=O)N(Cc2c[nH]c(=O)[nH]c2=O)C2CCCCC2)c2ccccc21. The monoisotopic (exact) mass is 380 g/mol. The second-order valence-corrected chi connectivity index (χ2v) is 7.49. The van der Waals surface area contributed by atoms with Crippen LogP contribution in [0, 0.1) is 0 Å². The van der Waals surface area contributed by atoms with Crippen molar-refractivity contribution in [1.29, 1.82) is 0 Å². The first kappa shape index (κ1) is 18.3. The van der Waals surface area contributed by atoms with Crippen molar-refractivity contribution in [3.8, 4) is 0 Å². The molecule has 1 aliphatic rings. The van der Waals surface area contributed by atoms with Crippen LogP contribution >= 0.6 is 0 Å². The highest BCUT2D eigenvalue weighted by Crippen LogP contribution is 2.28. The second-order valence-electron chi connectivity index (χ2n) is 7.49. The molecule has 2 aromatic heterocycles. The van der Waals surface area contributed by atoms with Crippen molar-refractivity contribution in [1.82, 2.24) is 19.4 Å². The molecule has 28 heavy (non-hydrogen) atoms. The molecule has 0 aliphatic heterocycles. The number of aryl methyl sites for hydroxylation is 1. The topological polar surface area (TPSA) is 91.0 Å². The van der Waals surface area contributed by atoms with E-state index in [4.69, 9.17) is 0 Å². The summed E-state index contributed by atoms with van der Waals surface area (Å²) in [7, 11) is 1.93. The van der Waals surface area contributed by atoms with Crippen molar-refractivity contribution in [2.45, 2.75) is 44.7 Å². The Morgan fingerprint density at radius 1 is 1.18 bits per heavy atom. The molecule has 7 nitrogen and oxygen atoms in total. The first-order chi connectivity index (χ1) is 13.5. The van der Waals surface area contributed by atoms with Crippen LogP contribution in [0.1, 0.15) is 48.0 Å². The molecule has 1 amide bonds. The zero-order valence-electron chi connectivity index (χ0n) is 15.9. The minimum Gasteiger partial charge on any atom is -0.350 e. The van der Waals surface area contributed by atoms with Gasteiger partial charge in [0.05, 0.1) is 17.7 Å². The lowest BCUT2D eigenvalue weighted by molar-refractivity contribution is 0.0615. The van der Waals surface area contributed by atoms with Gasteiger partial charge in [-0.2, -0.15) is 0 Å². The van der Waals surface area contributed by atoms with Crippen molar-refractivity contribution in [3.63, 3.8) is 0 Å². The molecule has 0 bridgehead atoms. The third kappa shape index (κ3) is 3.40. The Bertz CT molecular complexity index is 1120. The highest BCUT2D eigenvalue weighted by Gasteiger charge is 2.29. The number of H-pyrrole nitrogens is 2. The molecular weight excluding hydrogens is 356 g/mol. The van der Waals surface area contributed by atoms with Gasteiger partial charge in [0.2, 0.25) is 0 Å². The number of carbonyl (C=O) groups is 1. The molecule has 0 saturated heterocycles. The lowest BCUT2D eigenvalue weighted by atomic mass is 9.93. The minimum absolute atomic E-state index is 0.0747. The van der Waals surface area contributed by atoms with E-state index in [1.807, 2.05) is 47.0 Å². The Labute approximate surface area is 162 Å². The van der Waals surface area contributed by atoms with E-state index >= 15 is 0 Å². The quantitative estimate of drug-likeness (QED) is 0.729. The van der Waals surface area contributed by atoms with Crippen LogP contribution in [0.2, 0.25) is 0 Å². The third-order valence-corrected chi connectivity index (χ3v) is 5.64. The van der Waals surface area contributed by atoms with Gasteiger partial charge in [-0.3, -0.25) is 14.6 Å². The van der Waals surface area contributed by atoms with Crippen molar-refractivity contribution >= 4 is 16.8 Å². The van der Waals surface area contributed by atoms with E-state index in [1.165, 1.54) is 12.6 Å². The molecule has 0 spiro atoms. The largest absolute Gasteiger partial charge is 0.350 e. The van der Waals surface area contributed by atoms with Gasteiger partial charge in [-0.05, 0) is 18.9 Å². The summed E-state index contributed by atoms with van der Waals surface area (Å²) in [5, 5.41) is 0.909. The summed E-state index contributed by atoms with van der Waals surface area (Å²) in [5.41, 5.74) is 1.04. The summed E-state index contributed by atoms with van der Waals surface area (Å²) < 4.78 is 1.95. The van der Waals surface area contributed by atoms with Crippen LogP contribution in [-0.4, -0.2) is 31.4 Å². The number of para-hydroxylation sites is 1. The predicted molar refractivity (Wildman–Crippen MR) is 107 cm³/mol. The van der Waals surface area contributed by atoms with E-state index < -0.39 is 11.2 Å². The number of carbonyl (C=O) groups excluding carboxylic acids is 1. The van der Waals surface area contributed by atoms with Crippen molar-refractivity contribution in [2.75, 3.05) is 0 Å². The maximum absolute atomic E-state index is 13.6. The van der Waals surface area contributed by atoms with Crippen molar-refractivity contribution < 1.29 is 4.79 Å². The lowest BCUT2D eigenvalue weighted by Gasteiger charge is -2.34. The van der Waals surface area contributed by atoms with Gasteiger partial charge < -0.3 is 14.5 Å². The van der Waals surface area contributed by atoms with E-state index in [9.17, 15) is 14.4 Å². The molecule has 0 unspecified atom stereocenters. The van der Waals surface area contributed by atoms with E-state index in [-0.39, 0.29) is 18.5 Å². The number of aromatic amines is 2. The summed E-state index contributed by atoms with van der Waals surface area (Å²) in [5.74, 6) is -0.0747. The molecule has 1 aliphatic carbocycles. The second kappa shape index (κ2) is 7.50. The number of nitrogens with zero attached hydrogens (tertiary/aromatic N) is 2. The smallest absolute Gasteiger partial charge is 0.325 e. The normalized spacial score (nSPS) is 15.0. The highest BCUT2D eigenvalue weighted by molar-refractivity contribution is 6.07. The summed E-state index contributed by atoms with van der Waals surface area (Å²) in [6, 6.07) is 7.91. The molecular formula is C21H24N4O3. The molecule has 1 aromatic carbocycles. The van der Waals surface area contributed by atoms with Gasteiger partial charge in [-0.1, -0.05) is 37.5 Å². The Morgan fingerprint density at radius 3 is 2.68 bits per heavy atom. The first-order valence-corrected chi connectivity index (χ1v) is 9.70. The van der Waals surface area contributed by atoms with Gasteiger partial charge in [0.25, 0.3) is 11.5 Å². The first-order valence-electron chi connectivity index (χ1n) is 9.70. The van der Waals surface area contributed by atoms with Gasteiger partial charge >= 0.3 is 5.69 Å². The Hall–Kier alpha value is -3.09. The fourth-order valence-electron chi connectivity index (χ4n) is 4.16. The number of amides is 1. The molecule has 1 fully saturated rings. The van der Waals surface area contributed by atoms with Crippen LogP contribution in [0.4, 0.5) is 0 Å². The highest BCUT2D eigenvalue weighted by atomic mass is 16.2. The number of aromatic nitrogens is 3. The molecule has 0 radical (unpaired) electrons. The Morgan fingerprint density at radius 2 is 1.93 bits per heavy atom. The summed E-state index contributed by atoms with van der Waals surface area (Å²) in [6.07, 6.45) is 8.45. The van der Waals surface area contributed by atoms with Crippen molar-refractivity contribution in [3.05, 3.63) is 68.6 Å². The van der Waals surface area contributed by atoms with Gasteiger partial charge in [0.15, 0.2) is 0 Å². The van der Waals surface area contributed by atoms with Gasteiger partial charge in [-0.15, -0.1) is 0 Å². The Balaban J connectivity index is 1.74. The average molecular weight is 380 g/mol. The summed E-state index contributed by atoms with van der Waals surface area (Å²) in [6.45, 7) is 0.179. The van der Waals surface area contributed by atoms with Crippen LogP contribution in [-0.2, 0) is 13.6 Å². The van der Waals surface area contributed by atoms with Gasteiger partial charge in [0.1, 0.15) is 0 Å². The molecule has 7 heteroatoms. The number of rotatable bonds is 4. The van der Waals surface area contributed by atoms with E-state index in [1.54, 1.807) is 0 Å². The van der Waals surface area contributed by atoms with E-state index in [2.05, 4.69) is 9.97 Å². The molecule has 2 heterocycles. The zero-order valence-corrected chi connectivity index (χ0v) is 15.9. The number of fused-ring (bicyclic) bond motifs is 1. The molecule has 0 atom stereocenters. The molecule has 3 aromatic rings. The zero-order chi connectivity index (χ0) is 19.7. The summed E-state index contributed by atoms with van der Waals surface area (Å²) >= 11 is 0. The van der Waals surface area contributed by atoms with Crippen LogP contribution in [0.15, 0.2) is 46.2 Å². The Kier molecular flexibility index (Phi) is 4.90. The van der Waals surface area contributed by atoms with Crippen LogP contribution < -0.4 is 11.2 Å². The van der Waals surface area contributed by atoms with E-state index in [0.29, 0.717) is 11.1 Å². The maximum atomic E-state index is 13.6.